The van der Waals surface area contributed by atoms with Gasteiger partial charge >= 0.3 is 5.97 Å². The Labute approximate surface area is 152 Å². The minimum absolute atomic E-state index is 0.135. The largest absolute Gasteiger partial charge is 0.481 e. The Morgan fingerprint density at radius 3 is 2.60 bits per heavy atom. The number of carbonyl (C=O) groups is 1. The van der Waals surface area contributed by atoms with Gasteiger partial charge in [0.2, 0.25) is 0 Å². The fourth-order valence-electron chi connectivity index (χ4n) is 3.37. The van der Waals surface area contributed by atoms with Gasteiger partial charge in [-0.3, -0.25) is 9.69 Å². The standard InChI is InChI=1S/C18H23ClN4O2/c1-2-17(13-3-5-15(19)6-4-13)23-12-16(20-21-23)11-22-9-7-14(8-10-22)18(24)25/h3-6,12,14,17H,2,7-11H2,1H3,(H,24,25). The minimum atomic E-state index is -0.681. The first-order valence-corrected chi connectivity index (χ1v) is 9.06. The predicted octanol–water partition coefficient (Wildman–Crippen LogP) is 3.23. The SMILES string of the molecule is CCC(c1ccc(Cl)cc1)n1cc(CN2CCC(C(=O)O)CC2)nn1. The van der Waals surface area contributed by atoms with E-state index in [1.807, 2.05) is 35.1 Å². The van der Waals surface area contributed by atoms with Crippen LogP contribution >= 0.6 is 11.6 Å². The van der Waals surface area contributed by atoms with E-state index in [9.17, 15) is 4.79 Å². The van der Waals surface area contributed by atoms with Crippen molar-refractivity contribution in [1.29, 1.82) is 0 Å². The van der Waals surface area contributed by atoms with E-state index in [1.165, 1.54) is 0 Å². The number of rotatable bonds is 6. The average molecular weight is 363 g/mol. The van der Waals surface area contributed by atoms with Crippen molar-refractivity contribution in [2.24, 2.45) is 5.92 Å². The van der Waals surface area contributed by atoms with Crippen LogP contribution in [0.25, 0.3) is 0 Å². The zero-order valence-corrected chi connectivity index (χ0v) is 15.1. The normalized spacial score (nSPS) is 17.5. The summed E-state index contributed by atoms with van der Waals surface area (Å²) in [4.78, 5) is 13.3. The summed E-state index contributed by atoms with van der Waals surface area (Å²) in [5.41, 5.74) is 2.08. The molecule has 1 aromatic heterocycles. The van der Waals surface area contributed by atoms with Gasteiger partial charge in [0, 0.05) is 11.6 Å². The van der Waals surface area contributed by atoms with Crippen molar-refractivity contribution < 1.29 is 9.90 Å². The van der Waals surface area contributed by atoms with Gasteiger partial charge in [0.25, 0.3) is 0 Å². The second kappa shape index (κ2) is 7.97. The number of likely N-dealkylation sites (tertiary alicyclic amines) is 1. The summed E-state index contributed by atoms with van der Waals surface area (Å²) in [5.74, 6) is -0.888. The second-order valence-corrected chi connectivity index (χ2v) is 6.99. The van der Waals surface area contributed by atoms with Crippen molar-refractivity contribution in [3.05, 3.63) is 46.7 Å². The molecule has 0 spiro atoms. The molecule has 1 unspecified atom stereocenters. The van der Waals surface area contributed by atoms with Gasteiger partial charge in [-0.25, -0.2) is 4.68 Å². The van der Waals surface area contributed by atoms with Crippen LogP contribution in [-0.4, -0.2) is 44.1 Å². The number of benzene rings is 1. The molecule has 2 aromatic rings. The Morgan fingerprint density at radius 1 is 1.32 bits per heavy atom. The number of piperidine rings is 1. The molecule has 25 heavy (non-hydrogen) atoms. The second-order valence-electron chi connectivity index (χ2n) is 6.55. The molecule has 1 N–H and O–H groups in total. The lowest BCUT2D eigenvalue weighted by molar-refractivity contribution is -0.143. The van der Waals surface area contributed by atoms with Crippen molar-refractivity contribution >= 4 is 17.6 Å². The maximum atomic E-state index is 11.0. The molecule has 2 heterocycles. The maximum absolute atomic E-state index is 11.0. The van der Waals surface area contributed by atoms with Crippen LogP contribution in [0.2, 0.25) is 5.02 Å². The van der Waals surface area contributed by atoms with Gasteiger partial charge in [-0.15, -0.1) is 5.10 Å². The highest BCUT2D eigenvalue weighted by atomic mass is 35.5. The molecule has 0 aliphatic carbocycles. The fourth-order valence-corrected chi connectivity index (χ4v) is 3.49. The van der Waals surface area contributed by atoms with Crippen LogP contribution in [0.1, 0.15) is 43.5 Å². The number of aliphatic carboxylic acids is 1. The smallest absolute Gasteiger partial charge is 0.306 e. The summed E-state index contributed by atoms with van der Waals surface area (Å²) in [5, 5.41) is 18.4. The highest BCUT2D eigenvalue weighted by Gasteiger charge is 2.25. The van der Waals surface area contributed by atoms with E-state index in [0.29, 0.717) is 19.4 Å². The number of hydrogen-bond acceptors (Lipinski definition) is 4. The Morgan fingerprint density at radius 2 is 2.00 bits per heavy atom. The fraction of sp³-hybridized carbons (Fsp3) is 0.500. The van der Waals surface area contributed by atoms with Crippen molar-refractivity contribution in [2.45, 2.75) is 38.8 Å². The first-order valence-electron chi connectivity index (χ1n) is 8.68. The van der Waals surface area contributed by atoms with E-state index in [-0.39, 0.29) is 12.0 Å². The van der Waals surface area contributed by atoms with Crippen LogP contribution in [0, 0.1) is 5.92 Å². The summed E-state index contributed by atoms with van der Waals surface area (Å²) in [6.45, 7) is 4.41. The quantitative estimate of drug-likeness (QED) is 0.854. The van der Waals surface area contributed by atoms with Crippen LogP contribution in [0.4, 0.5) is 0 Å². The summed E-state index contributed by atoms with van der Waals surface area (Å²) in [7, 11) is 0. The molecular weight excluding hydrogens is 340 g/mol. The van der Waals surface area contributed by atoms with E-state index in [0.717, 1.165) is 35.8 Å². The summed E-state index contributed by atoms with van der Waals surface area (Å²) < 4.78 is 1.91. The molecule has 0 amide bonds. The van der Waals surface area contributed by atoms with Gasteiger partial charge < -0.3 is 5.11 Å². The summed E-state index contributed by atoms with van der Waals surface area (Å²) >= 11 is 5.97. The molecule has 0 radical (unpaired) electrons. The Balaban J connectivity index is 1.63. The molecule has 1 fully saturated rings. The molecule has 1 aliphatic rings. The van der Waals surface area contributed by atoms with Crippen LogP contribution in [0.5, 0.6) is 0 Å². The lowest BCUT2D eigenvalue weighted by Gasteiger charge is -2.29. The Kier molecular flexibility index (Phi) is 5.71. The number of halogens is 1. The first-order chi connectivity index (χ1) is 12.1. The van der Waals surface area contributed by atoms with Crippen molar-refractivity contribution in [1.82, 2.24) is 19.9 Å². The predicted molar refractivity (Wildman–Crippen MR) is 95.5 cm³/mol. The van der Waals surface area contributed by atoms with Gasteiger partial charge in [-0.1, -0.05) is 35.9 Å². The topological polar surface area (TPSA) is 71.2 Å². The highest BCUT2D eigenvalue weighted by Crippen LogP contribution is 2.23. The molecule has 7 heteroatoms. The first kappa shape index (κ1) is 17.9. The Hall–Kier alpha value is -1.92. The van der Waals surface area contributed by atoms with E-state index < -0.39 is 5.97 Å². The van der Waals surface area contributed by atoms with Gasteiger partial charge in [0.05, 0.1) is 23.9 Å². The molecule has 0 bridgehead atoms. The van der Waals surface area contributed by atoms with E-state index in [4.69, 9.17) is 16.7 Å². The average Bonchev–Trinajstić information content (AvgIpc) is 3.06. The summed E-state index contributed by atoms with van der Waals surface area (Å²) in [6, 6.07) is 7.97. The van der Waals surface area contributed by atoms with Gasteiger partial charge in [0.15, 0.2) is 0 Å². The van der Waals surface area contributed by atoms with Crippen molar-refractivity contribution in [3.63, 3.8) is 0 Å². The van der Waals surface area contributed by atoms with Crippen molar-refractivity contribution in [2.75, 3.05) is 13.1 Å². The number of hydrogen-bond donors (Lipinski definition) is 1. The number of carboxylic acids is 1. The molecule has 1 saturated heterocycles. The molecular formula is C18H23ClN4O2. The van der Waals surface area contributed by atoms with Crippen LogP contribution in [0.3, 0.4) is 0 Å². The third-order valence-corrected chi connectivity index (χ3v) is 5.09. The maximum Gasteiger partial charge on any atom is 0.306 e. The molecule has 134 valence electrons. The number of aromatic nitrogens is 3. The van der Waals surface area contributed by atoms with Crippen LogP contribution in [0.15, 0.2) is 30.5 Å². The molecule has 1 aromatic carbocycles. The lowest BCUT2D eigenvalue weighted by Crippen LogP contribution is -2.35. The number of carboxylic acid groups (broad SMARTS) is 1. The van der Waals surface area contributed by atoms with Crippen LogP contribution in [-0.2, 0) is 11.3 Å². The third-order valence-electron chi connectivity index (χ3n) is 4.84. The molecule has 1 atom stereocenters. The van der Waals surface area contributed by atoms with Crippen LogP contribution < -0.4 is 0 Å². The highest BCUT2D eigenvalue weighted by molar-refractivity contribution is 6.30. The number of nitrogens with zero attached hydrogens (tertiary/aromatic N) is 4. The van der Waals surface area contributed by atoms with Crippen molar-refractivity contribution in [3.8, 4) is 0 Å². The lowest BCUT2D eigenvalue weighted by atomic mass is 9.97. The Bertz CT molecular complexity index is 708. The van der Waals surface area contributed by atoms with E-state index in [2.05, 4.69) is 22.1 Å². The van der Waals surface area contributed by atoms with Gasteiger partial charge in [-0.05, 0) is 50.0 Å². The molecule has 6 nitrogen and oxygen atoms in total. The minimum Gasteiger partial charge on any atom is -0.481 e. The van der Waals surface area contributed by atoms with E-state index >= 15 is 0 Å². The molecule has 1 aliphatic heterocycles. The van der Waals surface area contributed by atoms with Gasteiger partial charge in [-0.2, -0.15) is 0 Å². The monoisotopic (exact) mass is 362 g/mol. The third kappa shape index (κ3) is 4.38. The van der Waals surface area contributed by atoms with Gasteiger partial charge in [0.1, 0.15) is 0 Å². The molecule has 3 rings (SSSR count). The molecule has 0 saturated carbocycles. The summed E-state index contributed by atoms with van der Waals surface area (Å²) in [6.07, 6.45) is 4.30. The zero-order chi connectivity index (χ0) is 17.8. The van der Waals surface area contributed by atoms with E-state index in [1.54, 1.807) is 0 Å². The zero-order valence-electron chi connectivity index (χ0n) is 14.3.